The molecule has 0 radical (unpaired) electrons. The second kappa shape index (κ2) is 5.10. The van der Waals surface area contributed by atoms with Crippen LogP contribution < -0.4 is 0 Å². The maximum Gasteiger partial charge on any atom is 0.323 e. The third kappa shape index (κ3) is 3.10. The summed E-state index contributed by atoms with van der Waals surface area (Å²) in [5, 5.41) is 8.88. The van der Waals surface area contributed by atoms with E-state index in [4.69, 9.17) is 5.11 Å². The fraction of sp³-hybridized carbons (Fsp3) is 0.538. The van der Waals surface area contributed by atoms with Crippen molar-refractivity contribution in [1.29, 1.82) is 0 Å². The van der Waals surface area contributed by atoms with E-state index in [1.54, 1.807) is 0 Å². The van der Waals surface area contributed by atoms with Gasteiger partial charge in [0.05, 0.1) is 4.88 Å². The highest BCUT2D eigenvalue weighted by atomic mass is 32.1. The van der Waals surface area contributed by atoms with Gasteiger partial charge in [0.2, 0.25) is 0 Å². The van der Waals surface area contributed by atoms with Gasteiger partial charge in [-0.05, 0) is 44.2 Å². The van der Waals surface area contributed by atoms with Crippen molar-refractivity contribution in [2.75, 3.05) is 13.1 Å². The molecule has 1 aliphatic carbocycles. The summed E-state index contributed by atoms with van der Waals surface area (Å²) in [7, 11) is 0. The number of hydrogen-bond donors (Lipinski definition) is 1. The highest BCUT2D eigenvalue weighted by Crippen LogP contribution is 2.31. The van der Waals surface area contributed by atoms with Crippen LogP contribution in [0.25, 0.3) is 0 Å². The Balaban J connectivity index is 2.12. The molecule has 1 N–H and O–H groups in total. The van der Waals surface area contributed by atoms with Crippen molar-refractivity contribution in [3.8, 4) is 0 Å². The molecule has 1 amide bonds. The van der Waals surface area contributed by atoms with Gasteiger partial charge >= 0.3 is 5.97 Å². The molecule has 1 aromatic heterocycles. The summed E-state index contributed by atoms with van der Waals surface area (Å²) in [4.78, 5) is 26.3. The maximum atomic E-state index is 12.3. The van der Waals surface area contributed by atoms with Crippen molar-refractivity contribution in [3.63, 3.8) is 0 Å². The van der Waals surface area contributed by atoms with Gasteiger partial charge in [0, 0.05) is 11.4 Å². The average Bonchev–Trinajstić information content (AvgIpc) is 3.03. The van der Waals surface area contributed by atoms with E-state index in [2.05, 4.69) is 0 Å². The predicted molar refractivity (Wildman–Crippen MR) is 70.1 cm³/mol. The molecule has 1 heterocycles. The quantitative estimate of drug-likeness (QED) is 0.890. The van der Waals surface area contributed by atoms with Gasteiger partial charge in [0.15, 0.2) is 0 Å². The van der Waals surface area contributed by atoms with Crippen LogP contribution >= 0.6 is 11.3 Å². The molecule has 0 aliphatic heterocycles. The molecule has 5 heteroatoms. The summed E-state index contributed by atoms with van der Waals surface area (Å²) < 4.78 is 0. The lowest BCUT2D eigenvalue weighted by Gasteiger charge is -2.19. The van der Waals surface area contributed by atoms with Crippen molar-refractivity contribution in [2.45, 2.75) is 26.7 Å². The molecule has 18 heavy (non-hydrogen) atoms. The summed E-state index contributed by atoms with van der Waals surface area (Å²) in [6.45, 7) is 4.30. The van der Waals surface area contributed by atoms with Crippen molar-refractivity contribution < 1.29 is 14.7 Å². The third-order valence-corrected chi connectivity index (χ3v) is 4.31. The van der Waals surface area contributed by atoms with Crippen molar-refractivity contribution in [3.05, 3.63) is 21.4 Å². The first-order valence-corrected chi connectivity index (χ1v) is 6.87. The molecule has 98 valence electrons. The fourth-order valence-electron chi connectivity index (χ4n) is 1.83. The lowest BCUT2D eigenvalue weighted by Crippen LogP contribution is -2.36. The highest BCUT2D eigenvalue weighted by Gasteiger charge is 2.29. The Bertz CT molecular complexity index is 457. The fourth-order valence-corrected chi connectivity index (χ4v) is 2.83. The Morgan fingerprint density at radius 1 is 1.44 bits per heavy atom. The van der Waals surface area contributed by atoms with Crippen LogP contribution in [-0.4, -0.2) is 35.0 Å². The zero-order valence-corrected chi connectivity index (χ0v) is 11.4. The molecule has 0 bridgehead atoms. The summed E-state index contributed by atoms with van der Waals surface area (Å²) in [5.74, 6) is -0.602. The summed E-state index contributed by atoms with van der Waals surface area (Å²) >= 11 is 1.44. The lowest BCUT2D eigenvalue weighted by atomic mass is 10.2. The van der Waals surface area contributed by atoms with Gasteiger partial charge in [0.1, 0.15) is 6.54 Å². The summed E-state index contributed by atoms with van der Waals surface area (Å²) in [6.07, 6.45) is 2.21. The third-order valence-electron chi connectivity index (χ3n) is 3.17. The molecule has 0 spiro atoms. The van der Waals surface area contributed by atoms with E-state index in [0.717, 1.165) is 23.3 Å². The number of aryl methyl sites for hydroxylation is 2. The average molecular weight is 267 g/mol. The molecule has 2 rings (SSSR count). The zero-order chi connectivity index (χ0) is 13.3. The molecular formula is C13H17NO3S. The van der Waals surface area contributed by atoms with E-state index in [9.17, 15) is 9.59 Å². The first-order chi connectivity index (χ1) is 8.47. The Morgan fingerprint density at radius 2 is 2.11 bits per heavy atom. The first-order valence-electron chi connectivity index (χ1n) is 6.05. The molecule has 1 aliphatic rings. The van der Waals surface area contributed by atoms with E-state index < -0.39 is 5.97 Å². The SMILES string of the molecule is Cc1cc(C(=O)N(CC(=O)O)CC2CC2)sc1C. The van der Waals surface area contributed by atoms with E-state index in [0.29, 0.717) is 17.3 Å². The minimum absolute atomic E-state index is 0.148. The van der Waals surface area contributed by atoms with Crippen molar-refractivity contribution in [1.82, 2.24) is 4.90 Å². The number of carboxylic acid groups (broad SMARTS) is 1. The van der Waals surface area contributed by atoms with E-state index in [-0.39, 0.29) is 12.5 Å². The number of thiophene rings is 1. The topological polar surface area (TPSA) is 57.6 Å². The molecule has 1 aromatic rings. The lowest BCUT2D eigenvalue weighted by molar-refractivity contribution is -0.137. The number of nitrogens with zero attached hydrogens (tertiary/aromatic N) is 1. The van der Waals surface area contributed by atoms with Gasteiger partial charge in [-0.3, -0.25) is 9.59 Å². The summed E-state index contributed by atoms with van der Waals surface area (Å²) in [6, 6.07) is 1.85. The molecule has 0 aromatic carbocycles. The number of carbonyl (C=O) groups is 2. The van der Waals surface area contributed by atoms with Crippen LogP contribution in [0.1, 0.15) is 33.0 Å². The van der Waals surface area contributed by atoms with Crippen LogP contribution in [0, 0.1) is 19.8 Å². The van der Waals surface area contributed by atoms with Gasteiger partial charge < -0.3 is 10.0 Å². The number of carboxylic acids is 1. The van der Waals surface area contributed by atoms with Crippen LogP contribution in [0.4, 0.5) is 0 Å². The highest BCUT2D eigenvalue weighted by molar-refractivity contribution is 7.14. The number of rotatable bonds is 5. The zero-order valence-electron chi connectivity index (χ0n) is 10.6. The molecular weight excluding hydrogens is 250 g/mol. The molecule has 1 fully saturated rings. The monoisotopic (exact) mass is 267 g/mol. The normalized spacial score (nSPS) is 14.6. The Hall–Kier alpha value is -1.36. The molecule has 1 saturated carbocycles. The maximum absolute atomic E-state index is 12.3. The Kier molecular flexibility index (Phi) is 3.71. The molecule has 0 unspecified atom stereocenters. The number of amides is 1. The van der Waals surface area contributed by atoms with Gasteiger partial charge in [0.25, 0.3) is 5.91 Å². The second-order valence-electron chi connectivity index (χ2n) is 4.87. The van der Waals surface area contributed by atoms with Crippen molar-refractivity contribution >= 4 is 23.2 Å². The van der Waals surface area contributed by atoms with E-state index in [1.807, 2.05) is 19.9 Å². The van der Waals surface area contributed by atoms with Crippen LogP contribution in [0.2, 0.25) is 0 Å². The van der Waals surface area contributed by atoms with Gasteiger partial charge in [-0.2, -0.15) is 0 Å². The van der Waals surface area contributed by atoms with Gasteiger partial charge in [-0.15, -0.1) is 11.3 Å². The number of hydrogen-bond acceptors (Lipinski definition) is 3. The first kappa shape index (κ1) is 13.1. The minimum Gasteiger partial charge on any atom is -0.480 e. The molecule has 0 atom stereocenters. The second-order valence-corrected chi connectivity index (χ2v) is 6.13. The Labute approximate surface area is 110 Å². The summed E-state index contributed by atoms with van der Waals surface area (Å²) in [5.41, 5.74) is 1.09. The standard InChI is InChI=1S/C13H17NO3S/c1-8-5-11(18-9(8)2)13(17)14(7-12(15)16)6-10-3-4-10/h5,10H,3-4,6-7H2,1-2H3,(H,15,16). The van der Waals surface area contributed by atoms with Crippen LogP contribution in [0.15, 0.2) is 6.07 Å². The molecule has 4 nitrogen and oxygen atoms in total. The molecule has 0 saturated heterocycles. The van der Waals surface area contributed by atoms with Crippen LogP contribution in [-0.2, 0) is 4.79 Å². The van der Waals surface area contributed by atoms with Gasteiger partial charge in [-0.1, -0.05) is 0 Å². The number of carbonyl (C=O) groups excluding carboxylic acids is 1. The van der Waals surface area contributed by atoms with Crippen molar-refractivity contribution in [2.24, 2.45) is 5.92 Å². The van der Waals surface area contributed by atoms with Gasteiger partial charge in [-0.25, -0.2) is 0 Å². The Morgan fingerprint density at radius 3 is 2.56 bits per heavy atom. The largest absolute Gasteiger partial charge is 0.480 e. The predicted octanol–water partition coefficient (Wildman–Crippen LogP) is 2.30. The number of aliphatic carboxylic acids is 1. The smallest absolute Gasteiger partial charge is 0.323 e. The van der Waals surface area contributed by atoms with Crippen LogP contribution in [0.3, 0.4) is 0 Å². The van der Waals surface area contributed by atoms with Crippen LogP contribution in [0.5, 0.6) is 0 Å². The minimum atomic E-state index is -0.950. The van der Waals surface area contributed by atoms with E-state index >= 15 is 0 Å². The van der Waals surface area contributed by atoms with E-state index in [1.165, 1.54) is 16.2 Å².